The first-order valence-corrected chi connectivity index (χ1v) is 8.34. The Bertz CT molecular complexity index is 1040. The quantitative estimate of drug-likeness (QED) is 0.586. The fourth-order valence-corrected chi connectivity index (χ4v) is 2.77. The van der Waals surface area contributed by atoms with E-state index in [1.807, 2.05) is 61.5 Å². The van der Waals surface area contributed by atoms with Crippen LogP contribution in [0.25, 0.3) is 16.6 Å². The summed E-state index contributed by atoms with van der Waals surface area (Å²) in [5, 5.41) is 5.29. The van der Waals surface area contributed by atoms with Crippen molar-refractivity contribution in [2.24, 2.45) is 0 Å². The number of aromatic nitrogens is 3. The third-order valence-electron chi connectivity index (χ3n) is 3.95. The van der Waals surface area contributed by atoms with E-state index < -0.39 is 0 Å². The summed E-state index contributed by atoms with van der Waals surface area (Å²) < 4.78 is 13.2. The summed E-state index contributed by atoms with van der Waals surface area (Å²) >= 11 is 0. The van der Waals surface area contributed by atoms with E-state index >= 15 is 0 Å². The third kappa shape index (κ3) is 3.04. The van der Waals surface area contributed by atoms with Gasteiger partial charge in [0.2, 0.25) is 0 Å². The Morgan fingerprint density at radius 1 is 1.00 bits per heavy atom. The highest BCUT2D eigenvalue weighted by molar-refractivity contribution is 5.89. The summed E-state index contributed by atoms with van der Waals surface area (Å²) in [5.74, 6) is 2.72. The van der Waals surface area contributed by atoms with Gasteiger partial charge in [0.15, 0.2) is 5.82 Å². The second-order valence-electron chi connectivity index (χ2n) is 5.69. The standard InChI is InChI=1S/C20H18N4O2/c1-2-25-16-4-3-5-17(12-16)26-15-8-6-14(7-9-15)24-19-13-22-11-10-18(19)20(21)23-24/h3-13H,2H2,1H3,(H2,21,23). The lowest BCUT2D eigenvalue weighted by Gasteiger charge is -2.09. The lowest BCUT2D eigenvalue weighted by atomic mass is 10.2. The predicted octanol–water partition coefficient (Wildman–Crippen LogP) is 4.19. The number of nitrogens with two attached hydrogens (primary N) is 1. The zero-order chi connectivity index (χ0) is 17.9. The van der Waals surface area contributed by atoms with Gasteiger partial charge in [-0.05, 0) is 49.4 Å². The van der Waals surface area contributed by atoms with Crippen molar-refractivity contribution in [1.29, 1.82) is 0 Å². The van der Waals surface area contributed by atoms with Gasteiger partial charge in [-0.3, -0.25) is 4.98 Å². The van der Waals surface area contributed by atoms with Gasteiger partial charge in [0.05, 0.1) is 24.0 Å². The van der Waals surface area contributed by atoms with Crippen LogP contribution >= 0.6 is 0 Å². The van der Waals surface area contributed by atoms with E-state index in [1.165, 1.54) is 0 Å². The minimum atomic E-state index is 0.482. The first kappa shape index (κ1) is 16.0. The molecular weight excluding hydrogens is 328 g/mol. The molecule has 0 saturated heterocycles. The minimum absolute atomic E-state index is 0.482. The highest BCUT2D eigenvalue weighted by Crippen LogP contribution is 2.27. The van der Waals surface area contributed by atoms with Gasteiger partial charge >= 0.3 is 0 Å². The molecular formula is C20H18N4O2. The SMILES string of the molecule is CCOc1cccc(Oc2ccc(-n3nc(N)c4ccncc43)cc2)c1. The molecule has 6 heteroatoms. The van der Waals surface area contributed by atoms with Crippen LogP contribution in [0.2, 0.25) is 0 Å². The Hall–Kier alpha value is -3.54. The van der Waals surface area contributed by atoms with E-state index in [0.29, 0.717) is 12.4 Å². The normalized spacial score (nSPS) is 10.8. The molecule has 0 bridgehead atoms. The van der Waals surface area contributed by atoms with Crippen LogP contribution < -0.4 is 15.2 Å². The molecule has 26 heavy (non-hydrogen) atoms. The molecule has 4 rings (SSSR count). The molecule has 0 atom stereocenters. The number of rotatable bonds is 5. The molecule has 0 saturated carbocycles. The van der Waals surface area contributed by atoms with Crippen LogP contribution in [0.4, 0.5) is 5.82 Å². The summed E-state index contributed by atoms with van der Waals surface area (Å²) in [5.41, 5.74) is 7.74. The smallest absolute Gasteiger partial charge is 0.153 e. The van der Waals surface area contributed by atoms with Crippen molar-refractivity contribution in [2.75, 3.05) is 12.3 Å². The Balaban J connectivity index is 1.60. The van der Waals surface area contributed by atoms with E-state index in [0.717, 1.165) is 33.8 Å². The topological polar surface area (TPSA) is 75.2 Å². The monoisotopic (exact) mass is 346 g/mol. The van der Waals surface area contributed by atoms with Gasteiger partial charge in [-0.2, -0.15) is 0 Å². The predicted molar refractivity (Wildman–Crippen MR) is 101 cm³/mol. The summed E-state index contributed by atoms with van der Waals surface area (Å²) in [6.07, 6.45) is 3.46. The number of anilines is 1. The molecule has 2 N–H and O–H groups in total. The summed E-state index contributed by atoms with van der Waals surface area (Å²) in [6.45, 7) is 2.57. The average Bonchev–Trinajstić information content (AvgIpc) is 3.00. The fourth-order valence-electron chi connectivity index (χ4n) is 2.77. The van der Waals surface area contributed by atoms with E-state index in [4.69, 9.17) is 15.2 Å². The molecule has 0 unspecified atom stereocenters. The number of benzene rings is 2. The zero-order valence-corrected chi connectivity index (χ0v) is 14.3. The van der Waals surface area contributed by atoms with Gasteiger partial charge in [-0.1, -0.05) is 6.07 Å². The lowest BCUT2D eigenvalue weighted by molar-refractivity contribution is 0.338. The van der Waals surface area contributed by atoms with E-state index in [-0.39, 0.29) is 0 Å². The second-order valence-corrected chi connectivity index (χ2v) is 5.69. The highest BCUT2D eigenvalue weighted by Gasteiger charge is 2.09. The average molecular weight is 346 g/mol. The van der Waals surface area contributed by atoms with Gasteiger partial charge < -0.3 is 15.2 Å². The molecule has 0 fully saturated rings. The highest BCUT2D eigenvalue weighted by atomic mass is 16.5. The number of nitrogen functional groups attached to an aromatic ring is 1. The van der Waals surface area contributed by atoms with Gasteiger partial charge in [0, 0.05) is 17.6 Å². The molecule has 0 radical (unpaired) electrons. The van der Waals surface area contributed by atoms with Crippen molar-refractivity contribution in [3.63, 3.8) is 0 Å². The van der Waals surface area contributed by atoms with Crippen molar-refractivity contribution in [1.82, 2.24) is 14.8 Å². The Labute approximate surface area is 150 Å². The Kier molecular flexibility index (Phi) is 4.15. The van der Waals surface area contributed by atoms with Gasteiger partial charge in [-0.15, -0.1) is 5.10 Å². The summed E-state index contributed by atoms with van der Waals surface area (Å²) in [7, 11) is 0. The van der Waals surface area contributed by atoms with Crippen LogP contribution in [0.1, 0.15) is 6.92 Å². The van der Waals surface area contributed by atoms with Gasteiger partial charge in [0.1, 0.15) is 17.2 Å². The maximum Gasteiger partial charge on any atom is 0.153 e. The number of hydrogen-bond acceptors (Lipinski definition) is 5. The summed E-state index contributed by atoms with van der Waals surface area (Å²) in [6, 6.07) is 17.1. The van der Waals surface area contributed by atoms with Crippen LogP contribution in [0.5, 0.6) is 17.2 Å². The molecule has 0 amide bonds. The van der Waals surface area contributed by atoms with Gasteiger partial charge in [-0.25, -0.2) is 4.68 Å². The van der Waals surface area contributed by atoms with E-state index in [9.17, 15) is 0 Å². The number of nitrogens with zero attached hydrogens (tertiary/aromatic N) is 3. The molecule has 2 aromatic heterocycles. The van der Waals surface area contributed by atoms with E-state index in [1.54, 1.807) is 17.1 Å². The third-order valence-corrected chi connectivity index (χ3v) is 3.95. The molecule has 0 aliphatic heterocycles. The van der Waals surface area contributed by atoms with Crippen LogP contribution in [0, 0.1) is 0 Å². The molecule has 0 aliphatic carbocycles. The number of pyridine rings is 1. The second kappa shape index (κ2) is 6.76. The molecule has 130 valence electrons. The molecule has 6 nitrogen and oxygen atoms in total. The number of hydrogen-bond donors (Lipinski definition) is 1. The lowest BCUT2D eigenvalue weighted by Crippen LogP contribution is -1.97. The molecule has 4 aromatic rings. The van der Waals surface area contributed by atoms with Crippen molar-refractivity contribution in [3.8, 4) is 22.9 Å². The fraction of sp³-hybridized carbons (Fsp3) is 0.100. The van der Waals surface area contributed by atoms with Crippen molar-refractivity contribution < 1.29 is 9.47 Å². The molecule has 0 spiro atoms. The number of ether oxygens (including phenoxy) is 2. The number of fused-ring (bicyclic) bond motifs is 1. The Morgan fingerprint density at radius 3 is 2.62 bits per heavy atom. The first-order valence-electron chi connectivity index (χ1n) is 8.34. The van der Waals surface area contributed by atoms with E-state index in [2.05, 4.69) is 10.1 Å². The zero-order valence-electron chi connectivity index (χ0n) is 14.3. The largest absolute Gasteiger partial charge is 0.494 e. The molecule has 2 aromatic carbocycles. The van der Waals surface area contributed by atoms with Crippen LogP contribution in [-0.4, -0.2) is 21.4 Å². The van der Waals surface area contributed by atoms with Crippen molar-refractivity contribution >= 4 is 16.7 Å². The maximum atomic E-state index is 5.99. The first-order chi connectivity index (χ1) is 12.7. The molecule has 0 aliphatic rings. The van der Waals surface area contributed by atoms with Crippen LogP contribution in [0.3, 0.4) is 0 Å². The Morgan fingerprint density at radius 2 is 1.81 bits per heavy atom. The minimum Gasteiger partial charge on any atom is -0.494 e. The van der Waals surface area contributed by atoms with Crippen molar-refractivity contribution in [3.05, 3.63) is 67.0 Å². The summed E-state index contributed by atoms with van der Waals surface area (Å²) in [4.78, 5) is 4.16. The van der Waals surface area contributed by atoms with Crippen LogP contribution in [0.15, 0.2) is 67.0 Å². The van der Waals surface area contributed by atoms with Gasteiger partial charge in [0.25, 0.3) is 0 Å². The van der Waals surface area contributed by atoms with Crippen molar-refractivity contribution in [2.45, 2.75) is 6.92 Å². The maximum absolute atomic E-state index is 5.99. The van der Waals surface area contributed by atoms with Crippen LogP contribution in [-0.2, 0) is 0 Å². The molecule has 2 heterocycles.